The number of carbonyl (C=O) groups is 1. The Hall–Kier alpha value is -2.10. The Labute approximate surface area is 213 Å². The van der Waals surface area contributed by atoms with Gasteiger partial charge in [-0.2, -0.15) is 9.40 Å². The molecule has 0 saturated carbocycles. The highest BCUT2D eigenvalue weighted by Crippen LogP contribution is 2.27. The number of aryl methyl sites for hydroxylation is 1. The summed E-state index contributed by atoms with van der Waals surface area (Å²) in [5.74, 6) is -0.0500. The largest absolute Gasteiger partial charge is 0.309 e. The van der Waals surface area contributed by atoms with E-state index in [-0.39, 0.29) is 29.8 Å². The molecule has 180 valence electrons. The smallest absolute Gasteiger partial charge is 0.243 e. The van der Waals surface area contributed by atoms with Crippen molar-refractivity contribution in [3.05, 3.63) is 74.9 Å². The predicted molar refractivity (Wildman–Crippen MR) is 134 cm³/mol. The van der Waals surface area contributed by atoms with Gasteiger partial charge in [-0.25, -0.2) is 8.42 Å². The Morgan fingerprint density at radius 2 is 1.68 bits per heavy atom. The van der Waals surface area contributed by atoms with Gasteiger partial charge < -0.3 is 5.32 Å². The molecule has 7 nitrogen and oxygen atoms in total. The number of sulfonamides is 1. The Kier molecular flexibility index (Phi) is 7.54. The van der Waals surface area contributed by atoms with Crippen molar-refractivity contribution in [1.82, 2.24) is 14.1 Å². The molecule has 4 rings (SSSR count). The minimum Gasteiger partial charge on any atom is -0.309 e. The molecule has 3 aromatic rings. The molecule has 11 heteroatoms. The van der Waals surface area contributed by atoms with E-state index in [4.69, 9.17) is 34.8 Å². The number of halogens is 3. The summed E-state index contributed by atoms with van der Waals surface area (Å²) < 4.78 is 28.8. The maximum absolute atomic E-state index is 12.9. The lowest BCUT2D eigenvalue weighted by Gasteiger charge is -2.30. The van der Waals surface area contributed by atoms with E-state index in [9.17, 15) is 13.2 Å². The molecule has 0 bridgehead atoms. The Morgan fingerprint density at radius 3 is 2.29 bits per heavy atom. The van der Waals surface area contributed by atoms with Crippen LogP contribution in [0.2, 0.25) is 15.1 Å². The molecule has 1 amide bonds. The molecule has 1 aliphatic heterocycles. The molecule has 0 unspecified atom stereocenters. The minimum absolute atomic E-state index is 0.177. The number of amides is 1. The first kappa shape index (κ1) is 25.0. The van der Waals surface area contributed by atoms with E-state index in [1.165, 1.54) is 16.4 Å². The molecular formula is C23H23Cl3N4O3S. The van der Waals surface area contributed by atoms with E-state index in [1.54, 1.807) is 41.1 Å². The van der Waals surface area contributed by atoms with Gasteiger partial charge in [0.05, 0.1) is 11.4 Å². The number of nitrogens with zero attached hydrogens (tertiary/aromatic N) is 3. The highest BCUT2D eigenvalue weighted by molar-refractivity contribution is 7.89. The van der Waals surface area contributed by atoms with Crippen molar-refractivity contribution in [3.63, 3.8) is 0 Å². The summed E-state index contributed by atoms with van der Waals surface area (Å²) in [4.78, 5) is 13.0. The van der Waals surface area contributed by atoms with Crippen LogP contribution in [0, 0.1) is 12.8 Å². The average Bonchev–Trinajstić information content (AvgIpc) is 3.15. The van der Waals surface area contributed by atoms with Gasteiger partial charge in [0, 0.05) is 51.4 Å². The Balaban J connectivity index is 1.37. The minimum atomic E-state index is -3.62. The Bertz CT molecular complexity index is 1280. The predicted octanol–water partition coefficient (Wildman–Crippen LogP) is 5.24. The van der Waals surface area contributed by atoms with Crippen molar-refractivity contribution < 1.29 is 13.2 Å². The number of piperidine rings is 1. The zero-order chi connectivity index (χ0) is 24.5. The molecule has 34 heavy (non-hydrogen) atoms. The second-order valence-corrected chi connectivity index (χ2v) is 11.3. The monoisotopic (exact) mass is 540 g/mol. The fourth-order valence-corrected chi connectivity index (χ4v) is 6.02. The van der Waals surface area contributed by atoms with Gasteiger partial charge in [0.2, 0.25) is 15.9 Å². The third-order valence-corrected chi connectivity index (χ3v) is 8.75. The van der Waals surface area contributed by atoms with E-state index >= 15 is 0 Å². The number of aromatic nitrogens is 2. The lowest BCUT2D eigenvalue weighted by atomic mass is 9.97. The highest BCUT2D eigenvalue weighted by atomic mass is 35.5. The van der Waals surface area contributed by atoms with Crippen LogP contribution in [-0.2, 0) is 21.4 Å². The van der Waals surface area contributed by atoms with E-state index < -0.39 is 10.0 Å². The third kappa shape index (κ3) is 5.42. The quantitative estimate of drug-likeness (QED) is 0.463. The van der Waals surface area contributed by atoms with Crippen molar-refractivity contribution >= 4 is 56.6 Å². The first-order valence-corrected chi connectivity index (χ1v) is 13.3. The summed E-state index contributed by atoms with van der Waals surface area (Å²) in [5, 5.41) is 8.91. The molecular weight excluding hydrogens is 519 g/mol. The van der Waals surface area contributed by atoms with Gasteiger partial charge in [-0.05, 0) is 56.2 Å². The first-order chi connectivity index (χ1) is 16.1. The Morgan fingerprint density at radius 1 is 1.06 bits per heavy atom. The standard InChI is InChI=1S/C23H23Cl3N4O3S/c1-15-13-22(28-30(15)14-19-20(25)3-2-4-21(19)26)27-23(31)16-9-11-29(12-10-16)34(32,33)18-7-5-17(24)6-8-18/h2-8,13,16H,9-12,14H2,1H3,(H,27,28,31). The van der Waals surface area contributed by atoms with Gasteiger partial charge in [0.1, 0.15) is 0 Å². The zero-order valence-corrected chi connectivity index (χ0v) is 21.4. The van der Waals surface area contributed by atoms with Crippen molar-refractivity contribution in [2.24, 2.45) is 5.92 Å². The van der Waals surface area contributed by atoms with E-state index in [2.05, 4.69) is 10.4 Å². The van der Waals surface area contributed by atoms with Gasteiger partial charge in [-0.3, -0.25) is 9.48 Å². The van der Waals surface area contributed by atoms with Gasteiger partial charge in [-0.1, -0.05) is 40.9 Å². The summed E-state index contributed by atoms with van der Waals surface area (Å²) in [7, 11) is -3.62. The summed E-state index contributed by atoms with van der Waals surface area (Å²) in [6, 6.07) is 13.2. The lowest BCUT2D eigenvalue weighted by Crippen LogP contribution is -2.41. The number of hydrogen-bond acceptors (Lipinski definition) is 4. The fourth-order valence-electron chi connectivity index (χ4n) is 3.91. The molecule has 0 aliphatic carbocycles. The van der Waals surface area contributed by atoms with Crippen LogP contribution in [0.4, 0.5) is 5.82 Å². The van der Waals surface area contributed by atoms with E-state index in [0.717, 1.165) is 11.3 Å². The summed E-state index contributed by atoms with van der Waals surface area (Å²) in [6.45, 7) is 2.79. The lowest BCUT2D eigenvalue weighted by molar-refractivity contribution is -0.120. The van der Waals surface area contributed by atoms with Crippen LogP contribution < -0.4 is 5.32 Å². The highest BCUT2D eigenvalue weighted by Gasteiger charge is 2.32. The van der Waals surface area contributed by atoms with Crippen molar-refractivity contribution in [3.8, 4) is 0 Å². The number of rotatable bonds is 6. The van der Waals surface area contributed by atoms with Crippen molar-refractivity contribution in [1.29, 1.82) is 0 Å². The number of hydrogen-bond donors (Lipinski definition) is 1. The SMILES string of the molecule is Cc1cc(NC(=O)C2CCN(S(=O)(=O)c3ccc(Cl)cc3)CC2)nn1Cc1c(Cl)cccc1Cl. The molecule has 1 fully saturated rings. The number of benzene rings is 2. The summed E-state index contributed by atoms with van der Waals surface area (Å²) in [5.41, 5.74) is 1.60. The van der Waals surface area contributed by atoms with Gasteiger partial charge in [-0.15, -0.1) is 0 Å². The number of carbonyl (C=O) groups excluding carboxylic acids is 1. The van der Waals surface area contributed by atoms with E-state index in [1.807, 2.05) is 6.92 Å². The van der Waals surface area contributed by atoms with E-state index in [0.29, 0.717) is 40.3 Å². The molecule has 1 aliphatic rings. The summed E-state index contributed by atoms with van der Waals surface area (Å²) in [6.07, 6.45) is 0.848. The van der Waals surface area contributed by atoms with Crippen LogP contribution in [0.1, 0.15) is 24.1 Å². The summed E-state index contributed by atoms with van der Waals surface area (Å²) >= 11 is 18.4. The van der Waals surface area contributed by atoms with Gasteiger partial charge in [0.15, 0.2) is 5.82 Å². The molecule has 2 aromatic carbocycles. The zero-order valence-electron chi connectivity index (χ0n) is 18.3. The fraction of sp³-hybridized carbons (Fsp3) is 0.304. The molecule has 1 saturated heterocycles. The second kappa shape index (κ2) is 10.3. The topological polar surface area (TPSA) is 84.3 Å². The molecule has 0 radical (unpaired) electrons. The van der Waals surface area contributed by atoms with Crippen molar-refractivity contribution in [2.45, 2.75) is 31.2 Å². The number of anilines is 1. The maximum atomic E-state index is 12.9. The molecule has 1 N–H and O–H groups in total. The molecule has 0 spiro atoms. The van der Waals surface area contributed by atoms with Crippen LogP contribution >= 0.6 is 34.8 Å². The molecule has 0 atom stereocenters. The van der Waals surface area contributed by atoms with Gasteiger partial charge in [0.25, 0.3) is 0 Å². The van der Waals surface area contributed by atoms with Crippen LogP contribution in [-0.4, -0.2) is 41.5 Å². The normalized spacial score (nSPS) is 15.4. The van der Waals surface area contributed by atoms with Gasteiger partial charge >= 0.3 is 0 Å². The maximum Gasteiger partial charge on any atom is 0.243 e. The van der Waals surface area contributed by atoms with Crippen molar-refractivity contribution in [2.75, 3.05) is 18.4 Å². The van der Waals surface area contributed by atoms with Crippen LogP contribution in [0.5, 0.6) is 0 Å². The molecule has 1 aromatic heterocycles. The average molecular weight is 542 g/mol. The van der Waals surface area contributed by atoms with Crippen LogP contribution in [0.3, 0.4) is 0 Å². The van der Waals surface area contributed by atoms with Crippen LogP contribution in [0.15, 0.2) is 53.4 Å². The first-order valence-electron chi connectivity index (χ1n) is 10.7. The third-order valence-electron chi connectivity index (χ3n) is 5.88. The number of nitrogens with one attached hydrogen (secondary N) is 1. The second-order valence-electron chi connectivity index (χ2n) is 8.15. The van der Waals surface area contributed by atoms with Crippen LogP contribution in [0.25, 0.3) is 0 Å². The molecule has 2 heterocycles.